The molecule has 0 amide bonds. The molecule has 1 aliphatic carbocycles. The SMILES string of the molecule is CCOc1ccc(C2C(CC(C)C)NC3(C(=O)c4ccccc4C3=O)C2C(=O)c2nc3ccccc3[nH]2)cc1. The Morgan fingerprint density at radius 2 is 1.59 bits per heavy atom. The lowest BCUT2D eigenvalue weighted by atomic mass is 9.70. The van der Waals surface area contributed by atoms with Crippen LogP contribution >= 0.6 is 0 Å². The molecule has 1 spiro atoms. The molecule has 3 aromatic carbocycles. The third-order valence-corrected chi connectivity index (χ3v) is 8.01. The number of H-pyrrole nitrogens is 1. The predicted octanol–water partition coefficient (Wildman–Crippen LogP) is 5.38. The van der Waals surface area contributed by atoms with E-state index in [2.05, 4.69) is 29.1 Å². The van der Waals surface area contributed by atoms with Crippen LogP contribution in [-0.2, 0) is 0 Å². The number of hydrogen-bond donors (Lipinski definition) is 2. The number of nitrogens with one attached hydrogen (secondary N) is 2. The van der Waals surface area contributed by atoms with Gasteiger partial charge >= 0.3 is 0 Å². The first-order chi connectivity index (χ1) is 18.8. The fraction of sp³-hybridized carbons (Fsp3) is 0.312. The average molecular weight is 522 g/mol. The zero-order valence-corrected chi connectivity index (χ0v) is 22.2. The number of fused-ring (bicyclic) bond motifs is 2. The largest absolute Gasteiger partial charge is 0.494 e. The van der Waals surface area contributed by atoms with E-state index in [0.29, 0.717) is 29.7 Å². The third kappa shape index (κ3) is 3.91. The number of carbonyl (C=O) groups excluding carboxylic acids is 3. The lowest BCUT2D eigenvalue weighted by molar-refractivity contribution is 0.0652. The predicted molar refractivity (Wildman–Crippen MR) is 148 cm³/mol. The third-order valence-electron chi connectivity index (χ3n) is 8.01. The minimum absolute atomic E-state index is 0.153. The molecule has 1 saturated heterocycles. The van der Waals surface area contributed by atoms with Gasteiger partial charge in [0.25, 0.3) is 0 Å². The monoisotopic (exact) mass is 521 g/mol. The number of carbonyl (C=O) groups is 3. The summed E-state index contributed by atoms with van der Waals surface area (Å²) < 4.78 is 5.66. The number of hydrogen-bond acceptors (Lipinski definition) is 6. The Morgan fingerprint density at radius 1 is 0.949 bits per heavy atom. The van der Waals surface area contributed by atoms with Crippen LogP contribution in [-0.4, -0.2) is 45.5 Å². The van der Waals surface area contributed by atoms with Gasteiger partial charge in [0, 0.05) is 23.1 Å². The van der Waals surface area contributed by atoms with Crippen LogP contribution in [0.25, 0.3) is 11.0 Å². The number of Topliss-reactive ketones (excluding diaryl/α,β-unsaturated/α-hetero) is 3. The normalized spacial score (nSPS) is 21.7. The summed E-state index contributed by atoms with van der Waals surface area (Å²) in [6.07, 6.45) is 0.681. The van der Waals surface area contributed by atoms with Gasteiger partial charge in [0.1, 0.15) is 5.75 Å². The Hall–Kier alpha value is -4.10. The summed E-state index contributed by atoms with van der Waals surface area (Å²) in [7, 11) is 0. The van der Waals surface area contributed by atoms with E-state index in [1.165, 1.54) is 0 Å². The summed E-state index contributed by atoms with van der Waals surface area (Å²) in [6.45, 7) is 6.67. The van der Waals surface area contributed by atoms with Gasteiger partial charge in [-0.3, -0.25) is 19.7 Å². The fourth-order valence-electron chi connectivity index (χ4n) is 6.46. The molecule has 0 bridgehead atoms. The minimum Gasteiger partial charge on any atom is -0.494 e. The number of rotatable bonds is 7. The summed E-state index contributed by atoms with van der Waals surface area (Å²) in [5.41, 5.74) is 1.26. The number of benzene rings is 3. The lowest BCUT2D eigenvalue weighted by Gasteiger charge is -2.29. The van der Waals surface area contributed by atoms with Gasteiger partial charge in [-0.2, -0.15) is 0 Å². The Labute approximate surface area is 227 Å². The van der Waals surface area contributed by atoms with E-state index in [1.807, 2.05) is 55.5 Å². The average Bonchev–Trinajstić information content (AvgIpc) is 3.58. The molecular formula is C32H31N3O4. The molecule has 2 heterocycles. The van der Waals surface area contributed by atoms with Crippen molar-refractivity contribution in [3.63, 3.8) is 0 Å². The van der Waals surface area contributed by atoms with E-state index in [-0.39, 0.29) is 35.1 Å². The Morgan fingerprint density at radius 3 is 2.21 bits per heavy atom. The molecule has 1 fully saturated rings. The van der Waals surface area contributed by atoms with Crippen LogP contribution in [0, 0.1) is 11.8 Å². The second-order valence-electron chi connectivity index (χ2n) is 10.9. The van der Waals surface area contributed by atoms with Crippen molar-refractivity contribution in [2.24, 2.45) is 11.8 Å². The highest BCUT2D eigenvalue weighted by Crippen LogP contribution is 2.51. The van der Waals surface area contributed by atoms with E-state index in [4.69, 9.17) is 4.74 Å². The van der Waals surface area contributed by atoms with Crippen LogP contribution in [0.3, 0.4) is 0 Å². The maximum absolute atomic E-state index is 14.5. The topological polar surface area (TPSA) is 101 Å². The van der Waals surface area contributed by atoms with Crippen LogP contribution in [0.1, 0.15) is 70.0 Å². The first-order valence-corrected chi connectivity index (χ1v) is 13.5. The molecule has 3 unspecified atom stereocenters. The van der Waals surface area contributed by atoms with Crippen LogP contribution in [0.5, 0.6) is 5.75 Å². The van der Waals surface area contributed by atoms with Crippen molar-refractivity contribution in [1.82, 2.24) is 15.3 Å². The molecule has 6 rings (SSSR count). The fourth-order valence-corrected chi connectivity index (χ4v) is 6.46. The molecule has 7 heteroatoms. The first kappa shape index (κ1) is 25.2. The molecule has 7 nitrogen and oxygen atoms in total. The summed E-state index contributed by atoms with van der Waals surface area (Å²) >= 11 is 0. The summed E-state index contributed by atoms with van der Waals surface area (Å²) in [5, 5.41) is 3.47. The highest BCUT2D eigenvalue weighted by atomic mass is 16.5. The quantitative estimate of drug-likeness (QED) is 0.250. The smallest absolute Gasteiger partial charge is 0.204 e. The highest BCUT2D eigenvalue weighted by molar-refractivity contribution is 6.35. The van der Waals surface area contributed by atoms with Crippen LogP contribution in [0.4, 0.5) is 0 Å². The molecule has 198 valence electrons. The second-order valence-corrected chi connectivity index (χ2v) is 10.9. The van der Waals surface area contributed by atoms with Crippen LogP contribution in [0.2, 0.25) is 0 Å². The molecule has 3 atom stereocenters. The Balaban J connectivity index is 1.55. The lowest BCUT2D eigenvalue weighted by Crippen LogP contribution is -2.58. The Kier molecular flexibility index (Phi) is 6.19. The molecule has 0 saturated carbocycles. The van der Waals surface area contributed by atoms with Gasteiger partial charge in [0.05, 0.1) is 23.6 Å². The van der Waals surface area contributed by atoms with Gasteiger partial charge < -0.3 is 9.72 Å². The molecule has 0 radical (unpaired) electrons. The van der Waals surface area contributed by atoms with Gasteiger partial charge in [-0.15, -0.1) is 0 Å². The van der Waals surface area contributed by atoms with Crippen molar-refractivity contribution in [1.29, 1.82) is 0 Å². The van der Waals surface area contributed by atoms with Gasteiger partial charge in [-0.1, -0.05) is 62.4 Å². The van der Waals surface area contributed by atoms with Crippen molar-refractivity contribution < 1.29 is 19.1 Å². The van der Waals surface area contributed by atoms with Crippen LogP contribution < -0.4 is 10.1 Å². The molecule has 1 aliphatic heterocycles. The second kappa shape index (κ2) is 9.58. The van der Waals surface area contributed by atoms with Crippen molar-refractivity contribution in [3.05, 3.63) is 95.3 Å². The first-order valence-electron chi connectivity index (χ1n) is 13.5. The zero-order valence-electron chi connectivity index (χ0n) is 22.2. The van der Waals surface area contributed by atoms with E-state index < -0.39 is 17.4 Å². The number of aromatic amines is 1. The highest BCUT2D eigenvalue weighted by Gasteiger charge is 2.67. The number of imidazole rings is 1. The van der Waals surface area contributed by atoms with E-state index in [1.54, 1.807) is 24.3 Å². The van der Waals surface area contributed by atoms with E-state index >= 15 is 0 Å². The Bertz CT molecular complexity index is 1520. The number of aromatic nitrogens is 2. The van der Waals surface area contributed by atoms with Crippen molar-refractivity contribution in [2.75, 3.05) is 6.61 Å². The summed E-state index contributed by atoms with van der Waals surface area (Å²) in [4.78, 5) is 50.7. The van der Waals surface area contributed by atoms with Crippen LogP contribution in [0.15, 0.2) is 72.8 Å². The molecule has 2 N–H and O–H groups in total. The molecule has 39 heavy (non-hydrogen) atoms. The van der Waals surface area contributed by atoms with Crippen molar-refractivity contribution in [2.45, 2.75) is 44.7 Å². The van der Waals surface area contributed by atoms with Gasteiger partial charge in [0.15, 0.2) is 22.9 Å². The van der Waals surface area contributed by atoms with Crippen molar-refractivity contribution in [3.8, 4) is 5.75 Å². The van der Waals surface area contributed by atoms with E-state index in [0.717, 1.165) is 16.8 Å². The maximum Gasteiger partial charge on any atom is 0.204 e. The maximum atomic E-state index is 14.5. The number of ketones is 3. The van der Waals surface area contributed by atoms with Crippen molar-refractivity contribution >= 4 is 28.4 Å². The minimum atomic E-state index is -1.71. The molecule has 4 aromatic rings. The molecular weight excluding hydrogens is 490 g/mol. The summed E-state index contributed by atoms with van der Waals surface area (Å²) in [6, 6.07) is 21.6. The van der Waals surface area contributed by atoms with Gasteiger partial charge in [-0.25, -0.2) is 4.98 Å². The molecule has 2 aliphatic rings. The van der Waals surface area contributed by atoms with Gasteiger partial charge in [-0.05, 0) is 49.1 Å². The van der Waals surface area contributed by atoms with E-state index in [9.17, 15) is 14.4 Å². The van der Waals surface area contributed by atoms with Gasteiger partial charge in [0.2, 0.25) is 5.78 Å². The number of ether oxygens (including phenoxy) is 1. The summed E-state index contributed by atoms with van der Waals surface area (Å²) in [5.74, 6) is -1.34. The standard InChI is InChI=1S/C32H31N3O4/c1-4-39-20-15-13-19(14-16-20)26-25(17-18(2)3)35-32(29(37)21-9-5-6-10-22(21)30(32)38)27(26)28(36)31-33-23-11-7-8-12-24(23)34-31/h5-16,18,25-27,35H,4,17H2,1-3H3,(H,33,34). The molecule has 1 aromatic heterocycles. The number of para-hydroxylation sites is 2. The number of nitrogens with zero attached hydrogens (tertiary/aromatic N) is 1. The zero-order chi connectivity index (χ0) is 27.3.